The van der Waals surface area contributed by atoms with Gasteiger partial charge in [0, 0.05) is 5.69 Å². The van der Waals surface area contributed by atoms with Crippen molar-refractivity contribution in [1.82, 2.24) is 9.55 Å². The summed E-state index contributed by atoms with van der Waals surface area (Å²) in [6.45, 7) is 6.27. The van der Waals surface area contributed by atoms with Crippen LogP contribution in [0.15, 0.2) is 71.5 Å². The highest BCUT2D eigenvalue weighted by Crippen LogP contribution is 2.21. The van der Waals surface area contributed by atoms with Gasteiger partial charge in [-0.15, -0.1) is 0 Å². The van der Waals surface area contributed by atoms with E-state index in [9.17, 15) is 9.59 Å². The minimum atomic E-state index is -0.275. The number of hydrogen-bond acceptors (Lipinski definition) is 5. The van der Waals surface area contributed by atoms with Crippen molar-refractivity contribution in [2.24, 2.45) is 0 Å². The number of nitrogens with zero attached hydrogens (tertiary/aromatic N) is 2. The molecule has 0 saturated heterocycles. The largest absolute Gasteiger partial charge is 0.494 e. The molecule has 0 aliphatic heterocycles. The van der Waals surface area contributed by atoms with Crippen LogP contribution >= 0.6 is 0 Å². The molecule has 1 amide bonds. The van der Waals surface area contributed by atoms with Gasteiger partial charge >= 0.3 is 0 Å². The second-order valence-corrected chi connectivity index (χ2v) is 7.97. The van der Waals surface area contributed by atoms with E-state index in [1.54, 1.807) is 41.8 Å². The zero-order valence-corrected chi connectivity index (χ0v) is 19.5. The summed E-state index contributed by atoms with van der Waals surface area (Å²) in [5, 5.41) is 3.43. The molecule has 3 aromatic carbocycles. The van der Waals surface area contributed by atoms with Crippen LogP contribution in [0.2, 0.25) is 0 Å². The molecule has 0 spiro atoms. The summed E-state index contributed by atoms with van der Waals surface area (Å²) in [6.07, 6.45) is 0.939. The van der Waals surface area contributed by atoms with Crippen LogP contribution in [0.25, 0.3) is 16.6 Å². The van der Waals surface area contributed by atoms with E-state index in [0.717, 1.165) is 17.7 Å². The Morgan fingerprint density at radius 1 is 0.971 bits per heavy atom. The summed E-state index contributed by atoms with van der Waals surface area (Å²) >= 11 is 0. The first-order valence-electron chi connectivity index (χ1n) is 11.2. The molecule has 174 valence electrons. The van der Waals surface area contributed by atoms with Crippen molar-refractivity contribution >= 4 is 22.5 Å². The first-order chi connectivity index (χ1) is 16.5. The van der Waals surface area contributed by atoms with Crippen LogP contribution in [0.4, 0.5) is 5.69 Å². The van der Waals surface area contributed by atoms with Crippen molar-refractivity contribution < 1.29 is 14.3 Å². The lowest BCUT2D eigenvalue weighted by Crippen LogP contribution is -2.23. The predicted molar refractivity (Wildman–Crippen MR) is 133 cm³/mol. The number of fused-ring (bicyclic) bond motifs is 1. The second-order valence-electron chi connectivity index (χ2n) is 7.97. The van der Waals surface area contributed by atoms with Crippen molar-refractivity contribution in [3.8, 4) is 17.2 Å². The zero-order chi connectivity index (χ0) is 24.1. The Morgan fingerprint density at radius 3 is 2.38 bits per heavy atom. The average molecular weight is 458 g/mol. The molecular formula is C27H27N3O4. The van der Waals surface area contributed by atoms with E-state index < -0.39 is 0 Å². The molecule has 0 unspecified atom stereocenters. The molecule has 0 aliphatic rings. The zero-order valence-electron chi connectivity index (χ0n) is 19.5. The predicted octanol–water partition coefficient (Wildman–Crippen LogP) is 4.81. The maximum atomic E-state index is 13.0. The van der Waals surface area contributed by atoms with E-state index in [0.29, 0.717) is 40.5 Å². The Bertz CT molecular complexity index is 1380. The standard InChI is InChI=1S/C27H27N3O4/c1-4-15-33-21-10-12-22(13-11-21)34-17-26(31)29-24-14-9-20(16-18(24)2)30-19(3)28-25-8-6-5-7-23(25)27(30)32/h5-14,16H,4,15,17H2,1-3H3,(H,29,31). The van der Waals surface area contributed by atoms with Gasteiger partial charge in [-0.25, -0.2) is 4.98 Å². The lowest BCUT2D eigenvalue weighted by atomic mass is 10.1. The topological polar surface area (TPSA) is 82.4 Å². The van der Waals surface area contributed by atoms with Crippen molar-refractivity contribution in [3.05, 3.63) is 88.5 Å². The molecule has 7 heteroatoms. The Balaban J connectivity index is 1.44. The fourth-order valence-corrected chi connectivity index (χ4v) is 3.66. The average Bonchev–Trinajstić information content (AvgIpc) is 2.84. The Morgan fingerprint density at radius 2 is 1.68 bits per heavy atom. The number of para-hydroxylation sites is 1. The smallest absolute Gasteiger partial charge is 0.265 e. The number of aryl methyl sites for hydroxylation is 2. The Hall–Kier alpha value is -4.13. The third kappa shape index (κ3) is 5.09. The number of carbonyl (C=O) groups is 1. The van der Waals surface area contributed by atoms with Gasteiger partial charge in [0.25, 0.3) is 11.5 Å². The van der Waals surface area contributed by atoms with E-state index in [2.05, 4.69) is 10.3 Å². The molecule has 7 nitrogen and oxygen atoms in total. The molecule has 1 N–H and O–H groups in total. The fourth-order valence-electron chi connectivity index (χ4n) is 3.66. The van der Waals surface area contributed by atoms with E-state index in [1.807, 2.05) is 50.2 Å². The van der Waals surface area contributed by atoms with Crippen molar-refractivity contribution in [1.29, 1.82) is 0 Å². The van der Waals surface area contributed by atoms with E-state index in [4.69, 9.17) is 9.47 Å². The number of rotatable bonds is 8. The lowest BCUT2D eigenvalue weighted by Gasteiger charge is -2.14. The maximum absolute atomic E-state index is 13.0. The van der Waals surface area contributed by atoms with Gasteiger partial charge in [0.15, 0.2) is 6.61 Å². The van der Waals surface area contributed by atoms with Crippen LogP contribution in [0.1, 0.15) is 24.7 Å². The molecule has 1 heterocycles. The number of benzene rings is 3. The third-order valence-electron chi connectivity index (χ3n) is 5.35. The summed E-state index contributed by atoms with van der Waals surface area (Å²) < 4.78 is 12.7. The highest BCUT2D eigenvalue weighted by atomic mass is 16.5. The van der Waals surface area contributed by atoms with Crippen molar-refractivity contribution in [2.45, 2.75) is 27.2 Å². The summed E-state index contributed by atoms with van der Waals surface area (Å²) in [5.74, 6) is 1.68. The van der Waals surface area contributed by atoms with Gasteiger partial charge < -0.3 is 14.8 Å². The van der Waals surface area contributed by atoms with Gasteiger partial charge in [-0.05, 0) is 80.4 Å². The summed E-state index contributed by atoms with van der Waals surface area (Å²) in [4.78, 5) is 30.0. The lowest BCUT2D eigenvalue weighted by molar-refractivity contribution is -0.118. The fraction of sp³-hybridized carbons (Fsp3) is 0.222. The summed E-state index contributed by atoms with van der Waals surface area (Å²) in [6, 6.07) is 19.9. The first-order valence-corrected chi connectivity index (χ1v) is 11.2. The van der Waals surface area contributed by atoms with E-state index in [1.165, 1.54) is 0 Å². The molecule has 34 heavy (non-hydrogen) atoms. The van der Waals surface area contributed by atoms with Gasteiger partial charge in [-0.2, -0.15) is 0 Å². The van der Waals surface area contributed by atoms with Crippen LogP contribution in [0, 0.1) is 13.8 Å². The van der Waals surface area contributed by atoms with E-state index >= 15 is 0 Å². The monoisotopic (exact) mass is 457 g/mol. The number of amides is 1. The number of nitrogens with one attached hydrogen (secondary N) is 1. The Kier molecular flexibility index (Phi) is 6.92. The van der Waals surface area contributed by atoms with Crippen LogP contribution < -0.4 is 20.3 Å². The number of ether oxygens (including phenoxy) is 2. The molecule has 4 aromatic rings. The summed E-state index contributed by atoms with van der Waals surface area (Å²) in [7, 11) is 0. The number of aromatic nitrogens is 2. The molecule has 1 aromatic heterocycles. The number of anilines is 1. The van der Waals surface area contributed by atoms with Gasteiger partial charge in [-0.1, -0.05) is 19.1 Å². The second kappa shape index (κ2) is 10.2. The van der Waals surface area contributed by atoms with Gasteiger partial charge in [-0.3, -0.25) is 14.2 Å². The summed E-state index contributed by atoms with van der Waals surface area (Å²) in [5.41, 5.74) is 2.71. The van der Waals surface area contributed by atoms with Crippen LogP contribution in [0.5, 0.6) is 11.5 Å². The van der Waals surface area contributed by atoms with Crippen molar-refractivity contribution in [3.63, 3.8) is 0 Å². The van der Waals surface area contributed by atoms with Crippen LogP contribution in [0.3, 0.4) is 0 Å². The van der Waals surface area contributed by atoms with Gasteiger partial charge in [0.05, 0.1) is 23.2 Å². The SMILES string of the molecule is CCCOc1ccc(OCC(=O)Nc2ccc(-n3c(C)nc4ccccc4c3=O)cc2C)cc1. The molecule has 0 atom stereocenters. The maximum Gasteiger partial charge on any atom is 0.265 e. The highest BCUT2D eigenvalue weighted by Gasteiger charge is 2.12. The highest BCUT2D eigenvalue weighted by molar-refractivity contribution is 5.92. The molecular weight excluding hydrogens is 430 g/mol. The number of hydrogen-bond donors (Lipinski definition) is 1. The van der Waals surface area contributed by atoms with Gasteiger partial charge in [0.1, 0.15) is 17.3 Å². The van der Waals surface area contributed by atoms with Crippen molar-refractivity contribution in [2.75, 3.05) is 18.5 Å². The van der Waals surface area contributed by atoms with Crippen LogP contribution in [-0.4, -0.2) is 28.7 Å². The quantitative estimate of drug-likeness (QED) is 0.411. The van der Waals surface area contributed by atoms with Gasteiger partial charge in [0.2, 0.25) is 0 Å². The molecule has 0 radical (unpaired) electrons. The van der Waals surface area contributed by atoms with Crippen LogP contribution in [-0.2, 0) is 4.79 Å². The molecule has 0 bridgehead atoms. The minimum Gasteiger partial charge on any atom is -0.494 e. The molecule has 0 saturated carbocycles. The molecule has 0 fully saturated rings. The minimum absolute atomic E-state index is 0.122. The normalized spacial score (nSPS) is 10.8. The molecule has 4 rings (SSSR count). The molecule has 0 aliphatic carbocycles. The Labute approximate surface area is 198 Å². The number of carbonyl (C=O) groups excluding carboxylic acids is 1. The van der Waals surface area contributed by atoms with E-state index in [-0.39, 0.29) is 18.1 Å². The third-order valence-corrected chi connectivity index (χ3v) is 5.35. The first kappa shape index (κ1) is 23.0.